The third-order valence-electron chi connectivity index (χ3n) is 1.41. The number of nitrogens with zero attached hydrogens (tertiary/aromatic N) is 1. The Kier molecular flexibility index (Phi) is 2.69. The molecule has 3 N–H and O–H groups in total. The van der Waals surface area contributed by atoms with Crippen molar-refractivity contribution in [3.05, 3.63) is 0 Å². The molecule has 0 fully saturated rings. The molecule has 66 valence electrons. The van der Waals surface area contributed by atoms with E-state index in [0.29, 0.717) is 0 Å². The van der Waals surface area contributed by atoms with Crippen molar-refractivity contribution in [1.29, 1.82) is 0 Å². The lowest BCUT2D eigenvalue weighted by molar-refractivity contribution is -0.124. The van der Waals surface area contributed by atoms with Crippen LogP contribution in [0.2, 0.25) is 0 Å². The molecule has 0 unspecified atom stereocenters. The van der Waals surface area contributed by atoms with Crippen LogP contribution in [-0.4, -0.2) is 29.3 Å². The minimum absolute atomic E-state index is 0.143. The van der Waals surface area contributed by atoms with Gasteiger partial charge in [0.05, 0.1) is 0 Å². The highest BCUT2D eigenvalue weighted by molar-refractivity contribution is 8.15. The van der Waals surface area contributed by atoms with E-state index in [1.165, 1.54) is 7.05 Å². The highest BCUT2D eigenvalue weighted by atomic mass is 32.2. The third kappa shape index (κ3) is 1.97. The van der Waals surface area contributed by atoms with Gasteiger partial charge in [-0.3, -0.25) is 9.59 Å². The van der Waals surface area contributed by atoms with Crippen molar-refractivity contribution in [3.63, 3.8) is 0 Å². The largest absolute Gasteiger partial charge is 0.378 e. The van der Waals surface area contributed by atoms with E-state index in [-0.39, 0.29) is 23.4 Å². The normalized spacial score (nSPS) is 22.2. The first-order valence-corrected chi connectivity index (χ1v) is 4.26. The summed E-state index contributed by atoms with van der Waals surface area (Å²) in [6.07, 6.45) is 0.143. The van der Waals surface area contributed by atoms with Crippen LogP contribution in [0, 0.1) is 0 Å². The second-order valence-electron chi connectivity index (χ2n) is 2.27. The number of rotatable bonds is 2. The van der Waals surface area contributed by atoms with E-state index in [1.807, 2.05) is 0 Å². The number of nitrogens with two attached hydrogens (primary N) is 1. The van der Waals surface area contributed by atoms with E-state index in [9.17, 15) is 9.59 Å². The summed E-state index contributed by atoms with van der Waals surface area (Å²) in [6.45, 7) is 0. The molecule has 1 heterocycles. The maximum absolute atomic E-state index is 11.0. The molecule has 1 rings (SSSR count). The first-order chi connectivity index (χ1) is 5.63. The Bertz CT molecular complexity index is 251. The zero-order valence-electron chi connectivity index (χ0n) is 6.53. The van der Waals surface area contributed by atoms with Crippen molar-refractivity contribution in [1.82, 2.24) is 5.32 Å². The van der Waals surface area contributed by atoms with Crippen molar-refractivity contribution in [3.8, 4) is 0 Å². The van der Waals surface area contributed by atoms with Crippen LogP contribution < -0.4 is 11.1 Å². The number of nitrogens with one attached hydrogen (secondary N) is 1. The van der Waals surface area contributed by atoms with Gasteiger partial charge in [0.2, 0.25) is 5.91 Å². The van der Waals surface area contributed by atoms with E-state index < -0.39 is 5.25 Å². The van der Waals surface area contributed by atoms with Gasteiger partial charge in [0.1, 0.15) is 5.25 Å². The Morgan fingerprint density at radius 3 is 2.92 bits per heavy atom. The molecule has 0 radical (unpaired) electrons. The van der Waals surface area contributed by atoms with Gasteiger partial charge in [-0.15, -0.1) is 0 Å². The summed E-state index contributed by atoms with van der Waals surface area (Å²) >= 11 is 1.13. The van der Waals surface area contributed by atoms with Crippen molar-refractivity contribution in [2.75, 3.05) is 7.05 Å². The molecular formula is C6H9N3O2S. The second kappa shape index (κ2) is 3.57. The maximum atomic E-state index is 11.0. The number of aliphatic imine (C=N–C) groups is 1. The van der Waals surface area contributed by atoms with Crippen molar-refractivity contribution in [2.24, 2.45) is 10.7 Å². The lowest BCUT2D eigenvalue weighted by atomic mass is 10.3. The number of carbonyl (C=O) groups is 2. The quantitative estimate of drug-likeness (QED) is 0.585. The number of amides is 2. The Hall–Kier alpha value is -1.04. The maximum Gasteiger partial charge on any atom is 0.262 e. The van der Waals surface area contributed by atoms with Gasteiger partial charge in [0, 0.05) is 13.5 Å². The van der Waals surface area contributed by atoms with Crippen molar-refractivity contribution >= 4 is 28.7 Å². The number of hydrogen-bond acceptors (Lipinski definition) is 4. The molecule has 1 aliphatic rings. The third-order valence-corrected chi connectivity index (χ3v) is 2.39. The van der Waals surface area contributed by atoms with Crippen LogP contribution in [-0.2, 0) is 9.59 Å². The van der Waals surface area contributed by atoms with Crippen LogP contribution in [0.15, 0.2) is 4.99 Å². The fourth-order valence-corrected chi connectivity index (χ4v) is 1.62. The molecule has 1 aliphatic heterocycles. The molecule has 5 nitrogen and oxygen atoms in total. The first kappa shape index (κ1) is 9.05. The zero-order valence-corrected chi connectivity index (χ0v) is 7.35. The van der Waals surface area contributed by atoms with Crippen LogP contribution in [0.1, 0.15) is 6.42 Å². The Morgan fingerprint density at radius 1 is 1.83 bits per heavy atom. The monoisotopic (exact) mass is 187 g/mol. The molecule has 1 atom stereocenters. The lowest BCUT2D eigenvalue weighted by Crippen LogP contribution is -2.25. The standard InChI is InChI=1S/C6H9N3O2S/c1-8-4(10)2-3-5(11)9-6(7)12-3/h3H,2H2,1H3,(H,8,10)(H2,7,9,11)/t3-/m0/s1. The smallest absolute Gasteiger partial charge is 0.262 e. The lowest BCUT2D eigenvalue weighted by Gasteiger charge is -2.03. The fourth-order valence-electron chi connectivity index (χ4n) is 0.803. The van der Waals surface area contributed by atoms with E-state index in [1.54, 1.807) is 0 Å². The first-order valence-electron chi connectivity index (χ1n) is 3.38. The van der Waals surface area contributed by atoms with Gasteiger partial charge in [0.15, 0.2) is 5.17 Å². The Morgan fingerprint density at radius 2 is 2.50 bits per heavy atom. The van der Waals surface area contributed by atoms with E-state index >= 15 is 0 Å². The van der Waals surface area contributed by atoms with Crippen LogP contribution in [0.25, 0.3) is 0 Å². The van der Waals surface area contributed by atoms with Crippen LogP contribution in [0.3, 0.4) is 0 Å². The molecule has 12 heavy (non-hydrogen) atoms. The minimum atomic E-state index is -0.426. The molecule has 0 aliphatic carbocycles. The van der Waals surface area contributed by atoms with Gasteiger partial charge in [0.25, 0.3) is 5.91 Å². The predicted molar refractivity (Wildman–Crippen MR) is 46.7 cm³/mol. The van der Waals surface area contributed by atoms with Crippen molar-refractivity contribution < 1.29 is 9.59 Å². The molecule has 0 spiro atoms. The molecule has 0 aromatic carbocycles. The molecule has 0 aromatic rings. The average Bonchev–Trinajstić information content (AvgIpc) is 2.30. The summed E-state index contributed by atoms with van der Waals surface area (Å²) in [5.41, 5.74) is 5.29. The van der Waals surface area contributed by atoms with Crippen LogP contribution >= 0.6 is 11.8 Å². The Labute approximate surface area is 73.8 Å². The number of thioether (sulfide) groups is 1. The van der Waals surface area contributed by atoms with E-state index in [0.717, 1.165) is 11.8 Å². The average molecular weight is 187 g/mol. The van der Waals surface area contributed by atoms with Gasteiger partial charge in [-0.05, 0) is 0 Å². The minimum Gasteiger partial charge on any atom is -0.378 e. The highest BCUT2D eigenvalue weighted by Gasteiger charge is 2.28. The second-order valence-corrected chi connectivity index (χ2v) is 3.50. The summed E-state index contributed by atoms with van der Waals surface area (Å²) in [5, 5.41) is 2.25. The number of amidine groups is 1. The summed E-state index contributed by atoms with van der Waals surface area (Å²) in [5.74, 6) is -0.494. The van der Waals surface area contributed by atoms with Crippen LogP contribution in [0.5, 0.6) is 0 Å². The summed E-state index contributed by atoms with van der Waals surface area (Å²) in [4.78, 5) is 25.3. The number of hydrogen-bond donors (Lipinski definition) is 2. The molecule has 0 saturated heterocycles. The SMILES string of the molecule is CNC(=O)C[C@@H]1SC(N)=NC1=O. The van der Waals surface area contributed by atoms with E-state index in [2.05, 4.69) is 10.3 Å². The molecule has 0 aromatic heterocycles. The van der Waals surface area contributed by atoms with Gasteiger partial charge in [-0.25, -0.2) is 0 Å². The van der Waals surface area contributed by atoms with Gasteiger partial charge in [-0.2, -0.15) is 4.99 Å². The molecule has 2 amide bonds. The topological polar surface area (TPSA) is 84.6 Å². The molecular weight excluding hydrogens is 178 g/mol. The van der Waals surface area contributed by atoms with Gasteiger partial charge < -0.3 is 11.1 Å². The van der Waals surface area contributed by atoms with Gasteiger partial charge in [-0.1, -0.05) is 11.8 Å². The van der Waals surface area contributed by atoms with E-state index in [4.69, 9.17) is 5.73 Å². The summed E-state index contributed by atoms with van der Waals surface area (Å²) in [6, 6.07) is 0. The fraction of sp³-hybridized carbons (Fsp3) is 0.500. The summed E-state index contributed by atoms with van der Waals surface area (Å²) in [7, 11) is 1.52. The van der Waals surface area contributed by atoms with Crippen molar-refractivity contribution in [2.45, 2.75) is 11.7 Å². The Balaban J connectivity index is 2.47. The molecule has 6 heteroatoms. The zero-order chi connectivity index (χ0) is 9.14. The highest BCUT2D eigenvalue weighted by Crippen LogP contribution is 2.22. The molecule has 0 bridgehead atoms. The predicted octanol–water partition coefficient (Wildman–Crippen LogP) is -0.921. The van der Waals surface area contributed by atoms with Gasteiger partial charge >= 0.3 is 0 Å². The number of carbonyl (C=O) groups excluding carboxylic acids is 2. The molecule has 0 saturated carbocycles. The summed E-state index contributed by atoms with van der Waals surface area (Å²) < 4.78 is 0. The van der Waals surface area contributed by atoms with Crippen LogP contribution in [0.4, 0.5) is 0 Å².